The van der Waals surface area contributed by atoms with Crippen LogP contribution < -0.4 is 0 Å². The van der Waals surface area contributed by atoms with Gasteiger partial charge in [0, 0.05) is 25.2 Å². The first kappa shape index (κ1) is 15.8. The summed E-state index contributed by atoms with van der Waals surface area (Å²) in [5, 5.41) is 10.9. The third kappa shape index (κ3) is 4.19. The maximum Gasteiger partial charge on any atom is 0.0802 e. The van der Waals surface area contributed by atoms with E-state index in [9.17, 15) is 5.11 Å². The van der Waals surface area contributed by atoms with Gasteiger partial charge in [-0.1, -0.05) is 23.7 Å². The molecule has 2 unspecified atom stereocenters. The second-order valence-corrected chi connectivity index (χ2v) is 6.33. The highest BCUT2D eigenvalue weighted by Crippen LogP contribution is 2.25. The van der Waals surface area contributed by atoms with Crippen molar-refractivity contribution in [1.82, 2.24) is 4.90 Å². The third-order valence-electron chi connectivity index (χ3n) is 4.18. The number of aliphatic hydroxyl groups is 1. The van der Waals surface area contributed by atoms with E-state index in [0.29, 0.717) is 5.02 Å². The number of benzene rings is 1. The van der Waals surface area contributed by atoms with Crippen molar-refractivity contribution in [1.29, 1.82) is 0 Å². The molecule has 3 nitrogen and oxygen atoms in total. The van der Waals surface area contributed by atoms with Crippen LogP contribution in [-0.4, -0.2) is 42.4 Å². The Morgan fingerprint density at radius 2 is 2.30 bits per heavy atom. The van der Waals surface area contributed by atoms with E-state index in [1.807, 2.05) is 24.3 Å². The Morgan fingerprint density at radius 3 is 3.00 bits per heavy atom. The predicted molar refractivity (Wildman–Crippen MR) is 82.1 cm³/mol. The smallest absolute Gasteiger partial charge is 0.0802 e. The van der Waals surface area contributed by atoms with Gasteiger partial charge in [0.25, 0.3) is 0 Å². The van der Waals surface area contributed by atoms with Gasteiger partial charge in [-0.3, -0.25) is 0 Å². The van der Waals surface area contributed by atoms with Crippen LogP contribution in [0.1, 0.15) is 37.9 Å². The van der Waals surface area contributed by atoms with Crippen molar-refractivity contribution < 1.29 is 9.84 Å². The zero-order valence-electron chi connectivity index (χ0n) is 12.3. The first-order valence-electron chi connectivity index (χ1n) is 7.23. The highest BCUT2D eigenvalue weighted by molar-refractivity contribution is 6.30. The summed E-state index contributed by atoms with van der Waals surface area (Å²) in [7, 11) is 1.78. The zero-order chi connectivity index (χ0) is 14.6. The van der Waals surface area contributed by atoms with Crippen LogP contribution in [0.5, 0.6) is 0 Å². The number of piperidine rings is 1. The molecule has 4 heteroatoms. The molecular formula is C16H24ClNO2. The lowest BCUT2D eigenvalue weighted by Crippen LogP contribution is -2.47. The average Bonchev–Trinajstić information content (AvgIpc) is 2.45. The maximum absolute atomic E-state index is 10.2. The lowest BCUT2D eigenvalue weighted by Gasteiger charge is -2.39. The molecule has 20 heavy (non-hydrogen) atoms. The minimum absolute atomic E-state index is 0.0424. The minimum atomic E-state index is -0.454. The van der Waals surface area contributed by atoms with Crippen LogP contribution in [0.3, 0.4) is 0 Å². The van der Waals surface area contributed by atoms with Gasteiger partial charge in [-0.2, -0.15) is 0 Å². The van der Waals surface area contributed by atoms with Crippen LogP contribution in [0.25, 0.3) is 0 Å². The quantitative estimate of drug-likeness (QED) is 0.905. The van der Waals surface area contributed by atoms with Crippen LogP contribution in [0.15, 0.2) is 24.3 Å². The number of nitrogens with zero attached hydrogens (tertiary/aromatic N) is 1. The Labute approximate surface area is 126 Å². The molecule has 0 saturated carbocycles. The summed E-state index contributed by atoms with van der Waals surface area (Å²) < 4.78 is 5.59. The van der Waals surface area contributed by atoms with E-state index >= 15 is 0 Å². The van der Waals surface area contributed by atoms with E-state index in [1.165, 1.54) is 0 Å². The van der Waals surface area contributed by atoms with Gasteiger partial charge in [0.1, 0.15) is 0 Å². The van der Waals surface area contributed by atoms with Crippen molar-refractivity contribution in [3.05, 3.63) is 34.9 Å². The van der Waals surface area contributed by atoms with E-state index in [4.69, 9.17) is 16.3 Å². The maximum atomic E-state index is 10.2. The number of rotatable bonds is 5. The number of hydrogen-bond acceptors (Lipinski definition) is 3. The standard InChI is InChI=1S/C16H24ClNO2/c1-16(20-2)8-4-9-18(12-16)10-7-15(19)13-5-3-6-14(17)11-13/h3,5-6,11,15,19H,4,7-10,12H2,1-2H3. The zero-order valence-corrected chi connectivity index (χ0v) is 13.1. The Balaban J connectivity index is 1.85. The predicted octanol–water partition coefficient (Wildman–Crippen LogP) is 3.26. The Kier molecular flexibility index (Phi) is 5.44. The molecule has 2 atom stereocenters. The van der Waals surface area contributed by atoms with Crippen LogP contribution in [0, 0.1) is 0 Å². The first-order chi connectivity index (χ1) is 9.52. The molecule has 0 aromatic heterocycles. The van der Waals surface area contributed by atoms with E-state index < -0.39 is 6.10 Å². The number of halogens is 1. The Bertz CT molecular complexity index is 440. The number of methoxy groups -OCH3 is 1. The normalized spacial score (nSPS) is 25.6. The second-order valence-electron chi connectivity index (χ2n) is 5.89. The topological polar surface area (TPSA) is 32.7 Å². The monoisotopic (exact) mass is 297 g/mol. The van der Waals surface area contributed by atoms with Gasteiger partial charge in [0.15, 0.2) is 0 Å². The summed E-state index contributed by atoms with van der Waals surface area (Å²) >= 11 is 5.96. The fourth-order valence-corrected chi connectivity index (χ4v) is 3.05. The minimum Gasteiger partial charge on any atom is -0.388 e. The lowest BCUT2D eigenvalue weighted by molar-refractivity contribution is -0.0528. The van der Waals surface area contributed by atoms with Crippen LogP contribution in [-0.2, 0) is 4.74 Å². The molecular weight excluding hydrogens is 274 g/mol. The van der Waals surface area contributed by atoms with Crippen molar-refractivity contribution in [3.8, 4) is 0 Å². The van der Waals surface area contributed by atoms with Gasteiger partial charge < -0.3 is 14.7 Å². The highest BCUT2D eigenvalue weighted by Gasteiger charge is 2.30. The van der Waals surface area contributed by atoms with Crippen molar-refractivity contribution in [2.45, 2.75) is 37.9 Å². The van der Waals surface area contributed by atoms with Crippen LogP contribution in [0.4, 0.5) is 0 Å². The van der Waals surface area contributed by atoms with E-state index in [1.54, 1.807) is 7.11 Å². The van der Waals surface area contributed by atoms with E-state index in [0.717, 1.165) is 44.5 Å². The second kappa shape index (κ2) is 6.90. The lowest BCUT2D eigenvalue weighted by atomic mass is 9.94. The number of hydrogen-bond donors (Lipinski definition) is 1. The summed E-state index contributed by atoms with van der Waals surface area (Å²) in [6.07, 6.45) is 2.53. The summed E-state index contributed by atoms with van der Waals surface area (Å²) in [4.78, 5) is 2.38. The van der Waals surface area contributed by atoms with Gasteiger partial charge in [-0.05, 0) is 50.4 Å². The molecule has 1 aliphatic rings. The number of ether oxygens (including phenoxy) is 1. The molecule has 1 aliphatic heterocycles. The summed E-state index contributed by atoms with van der Waals surface area (Å²) in [6.45, 7) is 5.06. The molecule has 1 fully saturated rings. The fourth-order valence-electron chi connectivity index (χ4n) is 2.85. The van der Waals surface area contributed by atoms with Crippen LogP contribution >= 0.6 is 11.6 Å². The highest BCUT2D eigenvalue weighted by atomic mass is 35.5. The summed E-state index contributed by atoms with van der Waals surface area (Å²) in [6, 6.07) is 7.46. The van der Waals surface area contributed by atoms with Gasteiger partial charge in [0.2, 0.25) is 0 Å². The Morgan fingerprint density at radius 1 is 1.50 bits per heavy atom. The molecule has 1 N–H and O–H groups in total. The summed E-state index contributed by atoms with van der Waals surface area (Å²) in [5.74, 6) is 0. The first-order valence-corrected chi connectivity index (χ1v) is 7.61. The SMILES string of the molecule is COC1(C)CCCN(CCC(O)c2cccc(Cl)c2)C1. The molecule has 1 saturated heterocycles. The van der Waals surface area contributed by atoms with Crippen molar-refractivity contribution in [2.75, 3.05) is 26.7 Å². The van der Waals surface area contributed by atoms with E-state index in [2.05, 4.69) is 11.8 Å². The van der Waals surface area contributed by atoms with Crippen molar-refractivity contribution in [2.24, 2.45) is 0 Å². The average molecular weight is 298 g/mol. The molecule has 0 bridgehead atoms. The molecule has 0 spiro atoms. The van der Waals surface area contributed by atoms with Crippen LogP contribution in [0.2, 0.25) is 5.02 Å². The largest absolute Gasteiger partial charge is 0.388 e. The molecule has 1 aromatic rings. The molecule has 112 valence electrons. The molecule has 0 aliphatic carbocycles. The number of aliphatic hydroxyl groups excluding tert-OH is 1. The van der Waals surface area contributed by atoms with Crippen molar-refractivity contribution >= 4 is 11.6 Å². The molecule has 0 amide bonds. The molecule has 0 radical (unpaired) electrons. The molecule has 2 rings (SSSR count). The van der Waals surface area contributed by atoms with Crippen molar-refractivity contribution in [3.63, 3.8) is 0 Å². The molecule has 1 aromatic carbocycles. The van der Waals surface area contributed by atoms with Gasteiger partial charge >= 0.3 is 0 Å². The third-order valence-corrected chi connectivity index (χ3v) is 4.42. The van der Waals surface area contributed by atoms with Gasteiger partial charge in [0.05, 0.1) is 11.7 Å². The van der Waals surface area contributed by atoms with E-state index in [-0.39, 0.29) is 5.60 Å². The van der Waals surface area contributed by atoms with Gasteiger partial charge in [-0.15, -0.1) is 0 Å². The summed E-state index contributed by atoms with van der Waals surface area (Å²) in [5.41, 5.74) is 0.850. The fraction of sp³-hybridized carbons (Fsp3) is 0.625. The Hall–Kier alpha value is -0.610. The van der Waals surface area contributed by atoms with Gasteiger partial charge in [-0.25, -0.2) is 0 Å². The molecule has 1 heterocycles. The number of likely N-dealkylation sites (tertiary alicyclic amines) is 1.